The van der Waals surface area contributed by atoms with Crippen LogP contribution in [-0.4, -0.2) is 76.5 Å². The topological polar surface area (TPSA) is 197 Å². The number of carboxylic acids is 1. The lowest BCUT2D eigenvalue weighted by molar-refractivity contribution is -0.286. The minimum absolute atomic E-state index is 0.126. The number of carbonyl (C=O) groups is 4. The van der Waals surface area contributed by atoms with Gasteiger partial charge in [0.05, 0.1) is 17.9 Å². The monoisotopic (exact) mass is 630 g/mol. The summed E-state index contributed by atoms with van der Waals surface area (Å²) in [5.41, 5.74) is -1.65. The van der Waals surface area contributed by atoms with E-state index in [0.29, 0.717) is 10.5 Å². The SMILES string of the molecule is CC(C)C(=O)OCOC(=O)NC(F)C/C(=C/C1C(C(=O)O)N(C(=O)NC(C)c2ccc3c(c2)OC(F)(F)O3)C1(C)O)CC=N. The second-order valence-corrected chi connectivity index (χ2v) is 10.5. The number of halogens is 3. The van der Waals surface area contributed by atoms with Crippen molar-refractivity contribution in [1.29, 1.82) is 5.41 Å². The van der Waals surface area contributed by atoms with Crippen LogP contribution in [0.1, 0.15) is 52.1 Å². The number of ether oxygens (including phenoxy) is 4. The molecule has 5 atom stereocenters. The first-order chi connectivity index (χ1) is 20.5. The summed E-state index contributed by atoms with van der Waals surface area (Å²) in [6.45, 7) is 5.04. The zero-order valence-electron chi connectivity index (χ0n) is 24.1. The minimum atomic E-state index is -3.84. The van der Waals surface area contributed by atoms with Gasteiger partial charge in [-0.1, -0.05) is 31.6 Å². The van der Waals surface area contributed by atoms with E-state index in [1.807, 2.05) is 5.32 Å². The highest BCUT2D eigenvalue weighted by Crippen LogP contribution is 2.44. The number of urea groups is 1. The van der Waals surface area contributed by atoms with E-state index >= 15 is 0 Å². The Morgan fingerprint density at radius 1 is 1.14 bits per heavy atom. The summed E-state index contributed by atoms with van der Waals surface area (Å²) in [5.74, 6) is -4.32. The molecule has 242 valence electrons. The Kier molecular flexibility index (Phi) is 10.3. The van der Waals surface area contributed by atoms with Crippen molar-refractivity contribution in [2.75, 3.05) is 6.79 Å². The summed E-state index contributed by atoms with van der Waals surface area (Å²) < 4.78 is 59.4. The van der Waals surface area contributed by atoms with Crippen molar-refractivity contribution in [3.05, 3.63) is 35.4 Å². The molecule has 0 spiro atoms. The van der Waals surface area contributed by atoms with Gasteiger partial charge in [0.2, 0.25) is 6.79 Å². The van der Waals surface area contributed by atoms with Gasteiger partial charge in [-0.15, -0.1) is 8.78 Å². The van der Waals surface area contributed by atoms with E-state index in [0.717, 1.165) is 6.21 Å². The first-order valence-corrected chi connectivity index (χ1v) is 13.3. The summed E-state index contributed by atoms with van der Waals surface area (Å²) in [7, 11) is 0. The lowest BCUT2D eigenvalue weighted by atomic mass is 9.75. The molecule has 0 bridgehead atoms. The number of alkyl carbamates (subject to hydrolysis) is 1. The number of benzene rings is 1. The second-order valence-electron chi connectivity index (χ2n) is 10.5. The molecule has 5 N–H and O–H groups in total. The number of carbonyl (C=O) groups excluding carboxylic acids is 3. The number of esters is 1. The van der Waals surface area contributed by atoms with Crippen molar-refractivity contribution in [2.45, 2.75) is 70.9 Å². The highest BCUT2D eigenvalue weighted by molar-refractivity contribution is 5.86. The zero-order chi connectivity index (χ0) is 33.0. The van der Waals surface area contributed by atoms with Crippen molar-refractivity contribution in [2.24, 2.45) is 11.8 Å². The average molecular weight is 631 g/mol. The van der Waals surface area contributed by atoms with E-state index in [1.54, 1.807) is 13.8 Å². The maximum Gasteiger partial charge on any atom is 0.586 e. The van der Waals surface area contributed by atoms with Crippen LogP contribution in [0.15, 0.2) is 29.8 Å². The van der Waals surface area contributed by atoms with Crippen molar-refractivity contribution in [3.63, 3.8) is 0 Å². The quantitative estimate of drug-likeness (QED) is 0.0750. The maximum atomic E-state index is 14.6. The fraction of sp³-hybridized carbons (Fsp3) is 0.519. The highest BCUT2D eigenvalue weighted by Gasteiger charge is 2.61. The molecule has 14 nitrogen and oxygen atoms in total. The van der Waals surface area contributed by atoms with Crippen LogP contribution >= 0.6 is 0 Å². The molecular formula is C27H33F3N4O10. The predicted octanol–water partition coefficient (Wildman–Crippen LogP) is 3.41. The average Bonchev–Trinajstić information content (AvgIpc) is 3.22. The molecule has 1 aromatic rings. The lowest BCUT2D eigenvalue weighted by Crippen LogP contribution is -2.76. The summed E-state index contributed by atoms with van der Waals surface area (Å²) in [5, 5.41) is 32.8. The fourth-order valence-corrected chi connectivity index (χ4v) is 4.60. The first kappa shape index (κ1) is 34.0. The number of aliphatic hydroxyl groups is 1. The van der Waals surface area contributed by atoms with E-state index in [1.165, 1.54) is 38.1 Å². The van der Waals surface area contributed by atoms with Crippen molar-refractivity contribution in [3.8, 4) is 11.5 Å². The number of carboxylic acid groups (broad SMARTS) is 1. The number of alkyl halides is 3. The fourth-order valence-electron chi connectivity index (χ4n) is 4.60. The van der Waals surface area contributed by atoms with Crippen molar-refractivity contribution in [1.82, 2.24) is 15.5 Å². The smallest absolute Gasteiger partial charge is 0.480 e. The number of nitrogens with zero attached hydrogens (tertiary/aromatic N) is 1. The molecule has 3 amide bonds. The molecule has 2 heterocycles. The van der Waals surface area contributed by atoms with Gasteiger partial charge in [-0.3, -0.25) is 15.0 Å². The molecule has 0 aromatic heterocycles. The minimum Gasteiger partial charge on any atom is -0.480 e. The van der Waals surface area contributed by atoms with Gasteiger partial charge in [0.15, 0.2) is 17.8 Å². The van der Waals surface area contributed by atoms with Gasteiger partial charge in [0.25, 0.3) is 0 Å². The van der Waals surface area contributed by atoms with Gasteiger partial charge in [-0.25, -0.2) is 18.8 Å². The normalized spacial score (nSPS) is 23.2. The molecule has 2 aliphatic rings. The largest absolute Gasteiger partial charge is 0.586 e. The third kappa shape index (κ3) is 7.89. The molecule has 1 fully saturated rings. The summed E-state index contributed by atoms with van der Waals surface area (Å²) >= 11 is 0. The molecule has 1 aromatic carbocycles. The predicted molar refractivity (Wildman–Crippen MR) is 143 cm³/mol. The maximum absolute atomic E-state index is 14.6. The lowest BCUT2D eigenvalue weighted by Gasteiger charge is -2.56. The Morgan fingerprint density at radius 2 is 1.80 bits per heavy atom. The van der Waals surface area contributed by atoms with Gasteiger partial charge < -0.3 is 39.9 Å². The number of likely N-dealkylation sites (tertiary alicyclic amines) is 1. The summed E-state index contributed by atoms with van der Waals surface area (Å²) in [4.78, 5) is 49.1. The molecule has 0 saturated carbocycles. The molecule has 5 unspecified atom stereocenters. The number of hydrogen-bond acceptors (Lipinski definition) is 10. The summed E-state index contributed by atoms with van der Waals surface area (Å²) in [6.07, 6.45) is -5.73. The molecule has 0 radical (unpaired) electrons. The van der Waals surface area contributed by atoms with Crippen LogP contribution in [-0.2, 0) is 19.1 Å². The van der Waals surface area contributed by atoms with Crippen molar-refractivity contribution >= 4 is 30.3 Å². The Labute approximate surface area is 249 Å². The Bertz CT molecular complexity index is 1320. The molecule has 44 heavy (non-hydrogen) atoms. The molecular weight excluding hydrogens is 597 g/mol. The number of fused-ring (bicyclic) bond motifs is 1. The van der Waals surface area contributed by atoms with Crippen LogP contribution in [0.3, 0.4) is 0 Å². The Balaban J connectivity index is 1.67. The summed E-state index contributed by atoms with van der Waals surface area (Å²) in [6, 6.07) is 0.359. The van der Waals surface area contributed by atoms with E-state index in [4.69, 9.17) is 5.41 Å². The highest BCUT2D eigenvalue weighted by atomic mass is 19.3. The van der Waals surface area contributed by atoms with Crippen LogP contribution < -0.4 is 20.1 Å². The van der Waals surface area contributed by atoms with E-state index in [-0.39, 0.29) is 23.5 Å². The molecule has 0 aliphatic carbocycles. The second kappa shape index (κ2) is 13.4. The first-order valence-electron chi connectivity index (χ1n) is 13.3. The van der Waals surface area contributed by atoms with Gasteiger partial charge in [0, 0.05) is 12.8 Å². The van der Waals surface area contributed by atoms with Gasteiger partial charge >= 0.3 is 30.4 Å². The molecule has 1 saturated heterocycles. The van der Waals surface area contributed by atoms with E-state index in [9.17, 15) is 42.6 Å². The van der Waals surface area contributed by atoms with Gasteiger partial charge in [-0.05, 0) is 37.8 Å². The number of aliphatic carboxylic acids is 1. The Morgan fingerprint density at radius 3 is 2.41 bits per heavy atom. The van der Waals surface area contributed by atoms with Gasteiger partial charge in [-0.2, -0.15) is 0 Å². The van der Waals surface area contributed by atoms with Crippen LogP contribution in [0.4, 0.5) is 22.8 Å². The van der Waals surface area contributed by atoms with Crippen LogP contribution in [0.2, 0.25) is 0 Å². The van der Waals surface area contributed by atoms with Crippen molar-refractivity contribution < 1.29 is 61.5 Å². The van der Waals surface area contributed by atoms with Crippen LogP contribution in [0, 0.1) is 17.2 Å². The van der Waals surface area contributed by atoms with E-state index < -0.39 is 79.5 Å². The standard InChI is InChI=1S/C27H33F3N4O10/c1-13(2)23(37)41-12-42-25(39)33-20(28)10-15(7-8-31)9-17-21(22(35)36)34(26(17,4)40)24(38)32-14(3)16-5-6-18-19(11-16)44-27(29,30)43-18/h5-6,8-9,11,13-14,17,20-21,31,40H,7,10,12H2,1-4H3,(H,32,38)(H,33,39)(H,35,36)/b15-9+,31-8?. The number of nitrogens with one attached hydrogen (secondary N) is 3. The number of hydrogen-bond donors (Lipinski definition) is 5. The molecule has 17 heteroatoms. The number of amides is 3. The Hall–Kier alpha value is -4.54. The van der Waals surface area contributed by atoms with E-state index in [2.05, 4.69) is 24.3 Å². The third-order valence-electron chi connectivity index (χ3n) is 6.83. The van der Waals surface area contributed by atoms with Crippen LogP contribution in [0.5, 0.6) is 11.5 Å². The number of rotatable bonds is 12. The molecule has 2 aliphatic heterocycles. The van der Waals surface area contributed by atoms with Crippen LogP contribution in [0.25, 0.3) is 0 Å². The molecule has 3 rings (SSSR count). The zero-order valence-corrected chi connectivity index (χ0v) is 24.1. The third-order valence-corrected chi connectivity index (χ3v) is 6.83. The van der Waals surface area contributed by atoms with Gasteiger partial charge in [0.1, 0.15) is 11.8 Å².